The van der Waals surface area contributed by atoms with Crippen LogP contribution in [0.25, 0.3) is 0 Å². The zero-order chi connectivity index (χ0) is 16.1. The van der Waals surface area contributed by atoms with E-state index in [0.717, 1.165) is 56.0 Å². The highest BCUT2D eigenvalue weighted by atomic mass is 32.1. The second kappa shape index (κ2) is 7.77. The molecule has 1 saturated heterocycles. The van der Waals surface area contributed by atoms with E-state index in [-0.39, 0.29) is 0 Å². The molecule has 0 bridgehead atoms. The van der Waals surface area contributed by atoms with Crippen LogP contribution in [-0.4, -0.2) is 50.3 Å². The number of anilines is 1. The molecule has 0 saturated carbocycles. The summed E-state index contributed by atoms with van der Waals surface area (Å²) in [6.07, 6.45) is 0. The number of aromatic nitrogens is 1. The van der Waals surface area contributed by atoms with Crippen LogP contribution in [0.3, 0.4) is 0 Å². The maximum Gasteiger partial charge on any atom is 0.185 e. The van der Waals surface area contributed by atoms with Gasteiger partial charge in [0.1, 0.15) is 5.75 Å². The lowest BCUT2D eigenvalue weighted by Gasteiger charge is -2.25. The molecule has 1 aliphatic rings. The van der Waals surface area contributed by atoms with E-state index >= 15 is 0 Å². The zero-order valence-corrected chi connectivity index (χ0v) is 14.5. The molecule has 0 spiro atoms. The summed E-state index contributed by atoms with van der Waals surface area (Å²) in [6.45, 7) is 5.37. The van der Waals surface area contributed by atoms with Crippen LogP contribution in [0, 0.1) is 0 Å². The highest BCUT2D eigenvalue weighted by molar-refractivity contribution is 7.13. The first-order chi connectivity index (χ1) is 11.2. The second-order valence-electron chi connectivity index (χ2n) is 5.72. The lowest BCUT2D eigenvalue weighted by atomic mass is 10.2. The first-order valence-corrected chi connectivity index (χ1v) is 8.71. The van der Waals surface area contributed by atoms with Gasteiger partial charge in [0, 0.05) is 38.6 Å². The molecule has 0 aliphatic carbocycles. The summed E-state index contributed by atoms with van der Waals surface area (Å²) in [5.74, 6) is 0.892. The Morgan fingerprint density at radius 3 is 2.96 bits per heavy atom. The van der Waals surface area contributed by atoms with Crippen molar-refractivity contribution in [3.63, 3.8) is 0 Å². The molecule has 2 aromatic rings. The molecule has 0 amide bonds. The molecule has 3 rings (SSSR count). The normalized spacial score (nSPS) is 15.6. The van der Waals surface area contributed by atoms with Gasteiger partial charge >= 0.3 is 0 Å². The lowest BCUT2D eigenvalue weighted by molar-refractivity contribution is 0.0337. The molecule has 1 aliphatic heterocycles. The minimum atomic E-state index is 0.821. The van der Waals surface area contributed by atoms with Crippen LogP contribution < -0.4 is 9.64 Å². The van der Waals surface area contributed by atoms with Crippen molar-refractivity contribution in [3.05, 3.63) is 40.9 Å². The standard InChI is InChI=1S/C17H23N3O2S/c1-19(11-14-4-3-5-16(10-14)21-2)17-18-15(13-23-17)12-20-6-8-22-9-7-20/h3-5,10,13H,6-9,11-12H2,1-2H3. The van der Waals surface area contributed by atoms with Crippen molar-refractivity contribution in [1.29, 1.82) is 0 Å². The first kappa shape index (κ1) is 16.2. The van der Waals surface area contributed by atoms with E-state index in [0.29, 0.717) is 0 Å². The summed E-state index contributed by atoms with van der Waals surface area (Å²) in [7, 11) is 3.78. The molecule has 0 unspecified atom stereocenters. The highest BCUT2D eigenvalue weighted by Crippen LogP contribution is 2.23. The van der Waals surface area contributed by atoms with Crippen molar-refractivity contribution in [2.45, 2.75) is 13.1 Å². The van der Waals surface area contributed by atoms with Gasteiger partial charge in [-0.3, -0.25) is 4.90 Å². The third-order valence-electron chi connectivity index (χ3n) is 3.91. The van der Waals surface area contributed by atoms with Gasteiger partial charge in [0.2, 0.25) is 0 Å². The minimum absolute atomic E-state index is 0.821. The van der Waals surface area contributed by atoms with Crippen molar-refractivity contribution in [1.82, 2.24) is 9.88 Å². The summed E-state index contributed by atoms with van der Waals surface area (Å²) < 4.78 is 10.7. The molecular formula is C17H23N3O2S. The predicted molar refractivity (Wildman–Crippen MR) is 93.3 cm³/mol. The molecule has 1 aromatic heterocycles. The van der Waals surface area contributed by atoms with E-state index in [4.69, 9.17) is 14.5 Å². The van der Waals surface area contributed by atoms with Crippen LogP contribution in [0.15, 0.2) is 29.6 Å². The van der Waals surface area contributed by atoms with Gasteiger partial charge in [-0.1, -0.05) is 12.1 Å². The fraction of sp³-hybridized carbons (Fsp3) is 0.471. The van der Waals surface area contributed by atoms with Crippen molar-refractivity contribution in [2.24, 2.45) is 0 Å². The van der Waals surface area contributed by atoms with Gasteiger partial charge in [-0.25, -0.2) is 4.98 Å². The predicted octanol–water partition coefficient (Wildman–Crippen LogP) is 2.62. The van der Waals surface area contributed by atoms with Crippen LogP contribution in [0.5, 0.6) is 5.75 Å². The van der Waals surface area contributed by atoms with Gasteiger partial charge in [-0.2, -0.15) is 0 Å². The quantitative estimate of drug-likeness (QED) is 0.812. The number of rotatable bonds is 6. The summed E-state index contributed by atoms with van der Waals surface area (Å²) in [4.78, 5) is 9.35. The number of methoxy groups -OCH3 is 1. The Hall–Kier alpha value is -1.63. The molecule has 124 valence electrons. The molecule has 0 N–H and O–H groups in total. The minimum Gasteiger partial charge on any atom is -0.497 e. The third kappa shape index (κ3) is 4.43. The van der Waals surface area contributed by atoms with Crippen LogP contribution in [0.1, 0.15) is 11.3 Å². The number of hydrogen-bond donors (Lipinski definition) is 0. The van der Waals surface area contributed by atoms with E-state index < -0.39 is 0 Å². The van der Waals surface area contributed by atoms with Gasteiger partial charge in [-0.15, -0.1) is 11.3 Å². The zero-order valence-electron chi connectivity index (χ0n) is 13.7. The van der Waals surface area contributed by atoms with Crippen molar-refractivity contribution in [2.75, 3.05) is 45.4 Å². The monoisotopic (exact) mass is 333 g/mol. The lowest BCUT2D eigenvalue weighted by Crippen LogP contribution is -2.35. The van der Waals surface area contributed by atoms with Crippen LogP contribution in [0.2, 0.25) is 0 Å². The van der Waals surface area contributed by atoms with E-state index in [1.54, 1.807) is 18.4 Å². The van der Waals surface area contributed by atoms with Gasteiger partial charge < -0.3 is 14.4 Å². The Bertz CT molecular complexity index is 626. The number of thiazole rings is 1. The molecule has 1 fully saturated rings. The van der Waals surface area contributed by atoms with Crippen LogP contribution in [0.4, 0.5) is 5.13 Å². The largest absolute Gasteiger partial charge is 0.497 e. The fourth-order valence-electron chi connectivity index (χ4n) is 2.64. The Morgan fingerprint density at radius 1 is 1.35 bits per heavy atom. The molecule has 2 heterocycles. The smallest absolute Gasteiger partial charge is 0.185 e. The Balaban J connectivity index is 1.60. The highest BCUT2D eigenvalue weighted by Gasteiger charge is 2.14. The number of ether oxygens (including phenoxy) is 2. The average molecular weight is 333 g/mol. The molecule has 0 radical (unpaired) electrons. The number of nitrogens with zero attached hydrogens (tertiary/aromatic N) is 3. The first-order valence-electron chi connectivity index (χ1n) is 7.83. The summed E-state index contributed by atoms with van der Waals surface area (Å²) >= 11 is 1.70. The fourth-order valence-corrected chi connectivity index (χ4v) is 3.43. The molecule has 0 atom stereocenters. The number of hydrogen-bond acceptors (Lipinski definition) is 6. The van der Waals surface area contributed by atoms with Gasteiger partial charge in [0.15, 0.2) is 5.13 Å². The van der Waals surface area contributed by atoms with E-state index in [1.165, 1.54) is 5.56 Å². The molecule has 6 heteroatoms. The van der Waals surface area contributed by atoms with Gasteiger partial charge in [0.05, 0.1) is 26.0 Å². The summed E-state index contributed by atoms with van der Waals surface area (Å²) in [5.41, 5.74) is 2.36. The molecule has 1 aromatic carbocycles. The van der Waals surface area contributed by atoms with Crippen LogP contribution >= 0.6 is 11.3 Å². The van der Waals surface area contributed by atoms with Gasteiger partial charge in [0.25, 0.3) is 0 Å². The summed E-state index contributed by atoms with van der Waals surface area (Å²) in [5, 5.41) is 3.21. The van der Waals surface area contributed by atoms with Crippen molar-refractivity contribution >= 4 is 16.5 Å². The van der Waals surface area contributed by atoms with Crippen molar-refractivity contribution in [3.8, 4) is 5.75 Å². The van der Waals surface area contributed by atoms with Crippen LogP contribution in [-0.2, 0) is 17.8 Å². The average Bonchev–Trinajstić information content (AvgIpc) is 3.04. The molecular weight excluding hydrogens is 310 g/mol. The Morgan fingerprint density at radius 2 is 2.17 bits per heavy atom. The second-order valence-corrected chi connectivity index (χ2v) is 6.55. The van der Waals surface area contributed by atoms with Crippen molar-refractivity contribution < 1.29 is 9.47 Å². The summed E-state index contributed by atoms with van der Waals surface area (Å²) in [6, 6.07) is 8.17. The topological polar surface area (TPSA) is 37.8 Å². The molecule has 23 heavy (non-hydrogen) atoms. The SMILES string of the molecule is COc1cccc(CN(C)c2nc(CN3CCOCC3)cs2)c1. The maximum absolute atomic E-state index is 5.39. The molecule has 5 nitrogen and oxygen atoms in total. The van der Waals surface area contributed by atoms with E-state index in [9.17, 15) is 0 Å². The van der Waals surface area contributed by atoms with Gasteiger partial charge in [-0.05, 0) is 17.7 Å². The Kier molecular flexibility index (Phi) is 5.48. The van der Waals surface area contributed by atoms with E-state index in [1.807, 2.05) is 12.1 Å². The Labute approximate surface area is 141 Å². The third-order valence-corrected chi connectivity index (χ3v) is 4.91. The van der Waals surface area contributed by atoms with E-state index in [2.05, 4.69) is 34.4 Å². The number of benzene rings is 1. The number of morpholine rings is 1. The maximum atomic E-state index is 5.39.